The number of nitrogens with zero attached hydrogens (tertiary/aromatic N) is 1. The Labute approximate surface area is 108 Å². The predicted molar refractivity (Wildman–Crippen MR) is 69.8 cm³/mol. The Morgan fingerprint density at radius 1 is 1.50 bits per heavy atom. The fourth-order valence-corrected chi connectivity index (χ4v) is 2.11. The van der Waals surface area contributed by atoms with E-state index in [0.717, 1.165) is 31.0 Å². The number of hydrogen-bond donors (Lipinski definition) is 1. The monoisotopic (exact) mass is 251 g/mol. The highest BCUT2D eigenvalue weighted by molar-refractivity contribution is 5.34. The van der Waals surface area contributed by atoms with Gasteiger partial charge in [-0.3, -0.25) is 0 Å². The molecule has 0 radical (unpaired) electrons. The van der Waals surface area contributed by atoms with Crippen molar-refractivity contribution >= 4 is 0 Å². The predicted octanol–water partition coefficient (Wildman–Crippen LogP) is 1.45. The Balaban J connectivity index is 1.93. The number of para-hydroxylation sites is 1. The highest BCUT2D eigenvalue weighted by Gasteiger charge is 2.19. The fourth-order valence-electron chi connectivity index (χ4n) is 2.11. The Morgan fingerprint density at radius 3 is 3.00 bits per heavy atom. The maximum Gasteiger partial charge on any atom is 0.125 e. The number of aliphatic hydroxyl groups excluding tert-OH is 1. The average molecular weight is 251 g/mol. The molecule has 1 heterocycles. The van der Waals surface area contributed by atoms with Crippen LogP contribution in [-0.4, -0.2) is 49.5 Å². The van der Waals surface area contributed by atoms with Gasteiger partial charge in [0.1, 0.15) is 18.5 Å². The second-order valence-electron chi connectivity index (χ2n) is 4.78. The molecule has 1 aliphatic heterocycles. The van der Waals surface area contributed by atoms with Crippen LogP contribution in [0.15, 0.2) is 24.3 Å². The highest BCUT2D eigenvalue weighted by atomic mass is 16.5. The van der Waals surface area contributed by atoms with Gasteiger partial charge >= 0.3 is 0 Å². The van der Waals surface area contributed by atoms with E-state index in [0.29, 0.717) is 6.61 Å². The van der Waals surface area contributed by atoms with Crippen LogP contribution in [0.5, 0.6) is 5.75 Å². The van der Waals surface area contributed by atoms with Crippen molar-refractivity contribution < 1.29 is 14.6 Å². The molecule has 4 heteroatoms. The molecule has 100 valence electrons. The fraction of sp³-hybridized carbons (Fsp3) is 0.571. The minimum atomic E-state index is -0.517. The lowest BCUT2D eigenvalue weighted by atomic mass is 10.1. The summed E-state index contributed by atoms with van der Waals surface area (Å²) >= 11 is 0. The van der Waals surface area contributed by atoms with Gasteiger partial charge in [-0.2, -0.15) is 0 Å². The molecule has 1 fully saturated rings. The average Bonchev–Trinajstić information content (AvgIpc) is 2.37. The third kappa shape index (κ3) is 3.45. The molecule has 0 amide bonds. The summed E-state index contributed by atoms with van der Waals surface area (Å²) in [4.78, 5) is 2.23. The van der Waals surface area contributed by atoms with Crippen LogP contribution >= 0.6 is 0 Å². The minimum absolute atomic E-state index is 0.103. The van der Waals surface area contributed by atoms with Crippen LogP contribution in [-0.2, 0) is 4.74 Å². The van der Waals surface area contributed by atoms with Crippen molar-refractivity contribution in [3.63, 3.8) is 0 Å². The molecule has 1 N–H and O–H groups in total. The van der Waals surface area contributed by atoms with Crippen LogP contribution in [0.25, 0.3) is 0 Å². The highest BCUT2D eigenvalue weighted by Crippen LogP contribution is 2.24. The number of morpholine rings is 1. The van der Waals surface area contributed by atoms with Crippen molar-refractivity contribution in [2.45, 2.75) is 19.1 Å². The maximum atomic E-state index is 9.66. The van der Waals surface area contributed by atoms with E-state index in [1.54, 1.807) is 6.92 Å². The largest absolute Gasteiger partial charge is 0.490 e. The number of ether oxygens (including phenoxy) is 2. The minimum Gasteiger partial charge on any atom is -0.490 e. The Hall–Kier alpha value is -1.10. The molecule has 2 atom stereocenters. The molecule has 1 unspecified atom stereocenters. The van der Waals surface area contributed by atoms with E-state index in [2.05, 4.69) is 11.9 Å². The van der Waals surface area contributed by atoms with Gasteiger partial charge in [-0.15, -0.1) is 0 Å². The van der Waals surface area contributed by atoms with Crippen molar-refractivity contribution in [2.24, 2.45) is 0 Å². The van der Waals surface area contributed by atoms with Crippen molar-refractivity contribution in [1.82, 2.24) is 4.90 Å². The van der Waals surface area contributed by atoms with Crippen LogP contribution in [0.1, 0.15) is 18.6 Å². The van der Waals surface area contributed by atoms with Crippen LogP contribution < -0.4 is 4.74 Å². The van der Waals surface area contributed by atoms with Crippen molar-refractivity contribution in [3.05, 3.63) is 29.8 Å². The molecule has 0 spiro atoms. The molecule has 1 aliphatic rings. The van der Waals surface area contributed by atoms with Crippen LogP contribution in [0, 0.1) is 0 Å². The summed E-state index contributed by atoms with van der Waals surface area (Å²) < 4.78 is 11.4. The smallest absolute Gasteiger partial charge is 0.125 e. The number of likely N-dealkylation sites (N-methyl/N-ethyl adjacent to an activating group) is 1. The zero-order valence-electron chi connectivity index (χ0n) is 11.0. The molecule has 18 heavy (non-hydrogen) atoms. The summed E-state index contributed by atoms with van der Waals surface area (Å²) in [7, 11) is 2.08. The first-order valence-electron chi connectivity index (χ1n) is 6.36. The van der Waals surface area contributed by atoms with Gasteiger partial charge in [0.05, 0.1) is 12.7 Å². The lowest BCUT2D eigenvalue weighted by molar-refractivity contribution is -0.0407. The summed E-state index contributed by atoms with van der Waals surface area (Å²) in [6, 6.07) is 7.58. The van der Waals surface area contributed by atoms with Gasteiger partial charge in [0, 0.05) is 18.7 Å². The standard InChI is InChI=1S/C14H21NO3/c1-11(16)13-5-3-4-6-14(13)18-10-12-9-15(2)7-8-17-12/h3-6,11-12,16H,7-10H2,1-2H3/t11-,12?/m0/s1. The Bertz CT molecular complexity index is 381. The van der Waals surface area contributed by atoms with E-state index in [4.69, 9.17) is 9.47 Å². The third-order valence-electron chi connectivity index (χ3n) is 3.14. The summed E-state index contributed by atoms with van der Waals surface area (Å²) in [6.45, 7) is 4.88. The van der Waals surface area contributed by atoms with Crippen molar-refractivity contribution in [3.8, 4) is 5.75 Å². The van der Waals surface area contributed by atoms with Gasteiger partial charge in [0.25, 0.3) is 0 Å². The SMILES string of the molecule is C[C@H](O)c1ccccc1OCC1CN(C)CCO1. The van der Waals surface area contributed by atoms with E-state index >= 15 is 0 Å². The van der Waals surface area contributed by atoms with Gasteiger partial charge in [0.2, 0.25) is 0 Å². The Kier molecular flexibility index (Phi) is 4.58. The van der Waals surface area contributed by atoms with Gasteiger partial charge in [0.15, 0.2) is 0 Å². The van der Waals surface area contributed by atoms with Crippen LogP contribution in [0.3, 0.4) is 0 Å². The molecule has 0 saturated carbocycles. The van der Waals surface area contributed by atoms with Crippen molar-refractivity contribution in [1.29, 1.82) is 0 Å². The second-order valence-corrected chi connectivity index (χ2v) is 4.78. The third-order valence-corrected chi connectivity index (χ3v) is 3.14. The van der Waals surface area contributed by atoms with Crippen LogP contribution in [0.4, 0.5) is 0 Å². The molecular weight excluding hydrogens is 230 g/mol. The number of rotatable bonds is 4. The Morgan fingerprint density at radius 2 is 2.28 bits per heavy atom. The van der Waals surface area contributed by atoms with Gasteiger partial charge in [-0.05, 0) is 20.0 Å². The van der Waals surface area contributed by atoms with Crippen LogP contribution in [0.2, 0.25) is 0 Å². The molecule has 1 saturated heterocycles. The maximum absolute atomic E-state index is 9.66. The second kappa shape index (κ2) is 6.18. The normalized spacial score (nSPS) is 22.7. The molecule has 0 aliphatic carbocycles. The lowest BCUT2D eigenvalue weighted by Crippen LogP contribution is -2.42. The molecule has 0 bridgehead atoms. The number of benzene rings is 1. The van der Waals surface area contributed by atoms with Gasteiger partial charge in [-0.1, -0.05) is 18.2 Å². The zero-order chi connectivity index (χ0) is 13.0. The van der Waals surface area contributed by atoms with Crippen molar-refractivity contribution in [2.75, 3.05) is 33.4 Å². The van der Waals surface area contributed by atoms with E-state index in [1.807, 2.05) is 24.3 Å². The van der Waals surface area contributed by atoms with Gasteiger partial charge < -0.3 is 19.5 Å². The quantitative estimate of drug-likeness (QED) is 0.879. The molecular formula is C14H21NO3. The molecule has 0 aromatic heterocycles. The lowest BCUT2D eigenvalue weighted by Gasteiger charge is -2.30. The first kappa shape index (κ1) is 13.3. The zero-order valence-corrected chi connectivity index (χ0v) is 11.0. The first-order chi connectivity index (χ1) is 8.66. The topological polar surface area (TPSA) is 41.9 Å². The number of hydrogen-bond acceptors (Lipinski definition) is 4. The summed E-state index contributed by atoms with van der Waals surface area (Å²) in [5.74, 6) is 0.740. The van der Waals surface area contributed by atoms with E-state index in [1.165, 1.54) is 0 Å². The molecule has 2 rings (SSSR count). The molecule has 4 nitrogen and oxygen atoms in total. The molecule has 1 aromatic carbocycles. The summed E-state index contributed by atoms with van der Waals surface area (Å²) in [5, 5.41) is 9.66. The van der Waals surface area contributed by atoms with Gasteiger partial charge in [-0.25, -0.2) is 0 Å². The van der Waals surface area contributed by atoms with E-state index in [9.17, 15) is 5.11 Å². The first-order valence-corrected chi connectivity index (χ1v) is 6.36. The molecule has 1 aromatic rings. The summed E-state index contributed by atoms with van der Waals surface area (Å²) in [5.41, 5.74) is 0.821. The van der Waals surface area contributed by atoms with E-state index < -0.39 is 6.10 Å². The number of aliphatic hydroxyl groups is 1. The summed E-state index contributed by atoms with van der Waals surface area (Å²) in [6.07, 6.45) is -0.415. The van der Waals surface area contributed by atoms with E-state index in [-0.39, 0.29) is 6.10 Å².